The van der Waals surface area contributed by atoms with Gasteiger partial charge in [-0.2, -0.15) is 0 Å². The van der Waals surface area contributed by atoms with Crippen LogP contribution in [0.15, 0.2) is 18.2 Å². The summed E-state index contributed by atoms with van der Waals surface area (Å²) < 4.78 is 31.1. The lowest BCUT2D eigenvalue weighted by Crippen LogP contribution is -2.55. The fraction of sp³-hybridized carbons (Fsp3) is 0.533. The lowest BCUT2D eigenvalue weighted by Gasteiger charge is -2.45. The van der Waals surface area contributed by atoms with Gasteiger partial charge in [-0.1, -0.05) is 6.07 Å². The van der Waals surface area contributed by atoms with E-state index in [0.29, 0.717) is 5.69 Å². The number of benzene rings is 1. The molecule has 0 heterocycles. The van der Waals surface area contributed by atoms with Crippen molar-refractivity contribution in [3.05, 3.63) is 23.8 Å². The largest absolute Gasteiger partial charge is 0.508 e. The number of rotatable bonds is 2. The molecule has 0 radical (unpaired) electrons. The molecule has 0 spiro atoms. The van der Waals surface area contributed by atoms with Crippen LogP contribution in [0, 0.1) is 0 Å². The minimum absolute atomic E-state index is 0.230. The summed E-state index contributed by atoms with van der Waals surface area (Å²) in [6.07, 6.45) is -1.68. The number of nitrogens with two attached hydrogens (primary N) is 1. The Morgan fingerprint density at radius 1 is 1.36 bits per heavy atom. The van der Waals surface area contributed by atoms with Crippen molar-refractivity contribution < 1.29 is 23.4 Å². The summed E-state index contributed by atoms with van der Waals surface area (Å²) in [5.74, 6) is -3.03. The zero-order valence-corrected chi connectivity index (χ0v) is 12.7. The fourth-order valence-electron chi connectivity index (χ4n) is 2.51. The third-order valence-corrected chi connectivity index (χ3v) is 3.33. The number of amides is 1. The van der Waals surface area contributed by atoms with Crippen molar-refractivity contribution in [2.24, 2.45) is 5.73 Å². The van der Waals surface area contributed by atoms with Gasteiger partial charge in [0.1, 0.15) is 11.4 Å². The summed E-state index contributed by atoms with van der Waals surface area (Å²) in [5, 5.41) is 12.5. The van der Waals surface area contributed by atoms with Gasteiger partial charge in [0, 0.05) is 30.2 Å². The number of hydrogen-bond donors (Lipinski definition) is 3. The molecule has 0 bridgehead atoms. The third kappa shape index (κ3) is 3.65. The topological polar surface area (TPSA) is 84.6 Å². The Hall–Kier alpha value is -1.89. The number of aromatic hydroxyl groups is 1. The molecule has 0 aromatic heterocycles. The summed E-state index contributed by atoms with van der Waals surface area (Å²) in [4.78, 5) is 11.6. The Bertz CT molecular complexity index is 589. The number of alkyl halides is 2. The maximum Gasteiger partial charge on any atom is 0.412 e. The zero-order valence-electron chi connectivity index (χ0n) is 12.7. The number of ether oxygens (including phenoxy) is 1. The van der Waals surface area contributed by atoms with E-state index in [2.05, 4.69) is 5.32 Å². The van der Waals surface area contributed by atoms with Gasteiger partial charge in [-0.25, -0.2) is 13.6 Å². The smallest absolute Gasteiger partial charge is 0.412 e. The first-order valence-corrected chi connectivity index (χ1v) is 6.90. The summed E-state index contributed by atoms with van der Waals surface area (Å²) in [6.45, 7) is 5.17. The first kappa shape index (κ1) is 16.5. The Balaban J connectivity index is 2.09. The Morgan fingerprint density at radius 2 is 1.95 bits per heavy atom. The lowest BCUT2D eigenvalue weighted by molar-refractivity contribution is -0.125. The molecule has 1 saturated carbocycles. The first-order valence-electron chi connectivity index (χ1n) is 6.90. The minimum atomic E-state index is -2.80. The molecular weight excluding hydrogens is 294 g/mol. The fourth-order valence-corrected chi connectivity index (χ4v) is 2.51. The molecule has 2 rings (SSSR count). The van der Waals surface area contributed by atoms with E-state index in [1.54, 1.807) is 20.8 Å². The summed E-state index contributed by atoms with van der Waals surface area (Å²) in [6, 6.07) is 4.20. The second-order valence-corrected chi connectivity index (χ2v) is 6.72. The first-order chi connectivity index (χ1) is 9.90. The van der Waals surface area contributed by atoms with Gasteiger partial charge in [-0.3, -0.25) is 5.32 Å². The molecule has 1 fully saturated rings. The van der Waals surface area contributed by atoms with Gasteiger partial charge in [0.05, 0.1) is 5.54 Å². The maximum absolute atomic E-state index is 13.0. The molecule has 1 aliphatic rings. The molecule has 5 nitrogen and oxygen atoms in total. The van der Waals surface area contributed by atoms with Gasteiger partial charge in [-0.15, -0.1) is 0 Å². The monoisotopic (exact) mass is 314 g/mol. The average molecular weight is 314 g/mol. The quantitative estimate of drug-likeness (QED) is 0.782. The molecule has 4 N–H and O–H groups in total. The molecule has 122 valence electrons. The van der Waals surface area contributed by atoms with Crippen LogP contribution >= 0.6 is 0 Å². The standard InChI is InChI=1S/C15H20F2N2O3/c1-13(2,3)22-12(21)19-9-4-5-10(11(20)6-9)14(18)7-15(16,17)8-14/h4-6,20H,7-8,18H2,1-3H3,(H,19,21). The van der Waals surface area contributed by atoms with Crippen LogP contribution in [-0.2, 0) is 10.3 Å². The number of hydrogen-bond acceptors (Lipinski definition) is 4. The van der Waals surface area contributed by atoms with Crippen LogP contribution in [0.3, 0.4) is 0 Å². The van der Waals surface area contributed by atoms with Crippen molar-refractivity contribution >= 4 is 11.8 Å². The number of phenols is 1. The second-order valence-electron chi connectivity index (χ2n) is 6.72. The number of nitrogens with one attached hydrogen (secondary N) is 1. The number of halogens is 2. The van der Waals surface area contributed by atoms with Gasteiger partial charge in [0.15, 0.2) is 0 Å². The number of carbonyl (C=O) groups excluding carboxylic acids is 1. The molecule has 0 aliphatic heterocycles. The van der Waals surface area contributed by atoms with Gasteiger partial charge < -0.3 is 15.6 Å². The van der Waals surface area contributed by atoms with Crippen LogP contribution in [0.5, 0.6) is 5.75 Å². The van der Waals surface area contributed by atoms with E-state index in [9.17, 15) is 18.7 Å². The molecule has 22 heavy (non-hydrogen) atoms. The van der Waals surface area contributed by atoms with E-state index in [1.807, 2.05) is 0 Å². The van der Waals surface area contributed by atoms with Gasteiger partial charge >= 0.3 is 6.09 Å². The van der Waals surface area contributed by atoms with E-state index in [-0.39, 0.29) is 11.3 Å². The second kappa shape index (κ2) is 5.08. The van der Waals surface area contributed by atoms with Crippen molar-refractivity contribution in [2.75, 3.05) is 5.32 Å². The highest BCUT2D eigenvalue weighted by Gasteiger charge is 2.56. The van der Waals surface area contributed by atoms with Crippen LogP contribution in [0.1, 0.15) is 39.2 Å². The van der Waals surface area contributed by atoms with E-state index in [1.165, 1.54) is 18.2 Å². The maximum atomic E-state index is 13.0. The molecule has 1 aromatic rings. The molecule has 1 aliphatic carbocycles. The Kier molecular flexibility index (Phi) is 3.81. The van der Waals surface area contributed by atoms with E-state index in [4.69, 9.17) is 10.5 Å². The van der Waals surface area contributed by atoms with Crippen LogP contribution in [-0.4, -0.2) is 22.7 Å². The minimum Gasteiger partial charge on any atom is -0.508 e. The summed E-state index contributed by atoms with van der Waals surface area (Å²) in [7, 11) is 0. The SMILES string of the molecule is CC(C)(C)OC(=O)Nc1ccc(C2(N)CC(F)(F)C2)c(O)c1. The van der Waals surface area contributed by atoms with Crippen LogP contribution in [0.25, 0.3) is 0 Å². The van der Waals surface area contributed by atoms with Crippen molar-refractivity contribution in [1.82, 2.24) is 0 Å². The van der Waals surface area contributed by atoms with E-state index >= 15 is 0 Å². The molecule has 1 amide bonds. The van der Waals surface area contributed by atoms with Crippen molar-refractivity contribution in [2.45, 2.75) is 50.7 Å². The summed E-state index contributed by atoms with van der Waals surface area (Å²) >= 11 is 0. The van der Waals surface area contributed by atoms with Gasteiger partial charge in [0.2, 0.25) is 0 Å². The molecule has 0 atom stereocenters. The van der Waals surface area contributed by atoms with Gasteiger partial charge in [0.25, 0.3) is 5.92 Å². The lowest BCUT2D eigenvalue weighted by atomic mass is 9.69. The molecular formula is C15H20F2N2O3. The average Bonchev–Trinajstić information content (AvgIpc) is 2.22. The predicted octanol–water partition coefficient (Wildman–Crippen LogP) is 3.32. The van der Waals surface area contributed by atoms with Crippen molar-refractivity contribution in [3.8, 4) is 5.75 Å². The zero-order chi connectivity index (χ0) is 16.8. The summed E-state index contributed by atoms with van der Waals surface area (Å²) in [5.41, 5.74) is 4.54. The Morgan fingerprint density at radius 3 is 2.41 bits per heavy atom. The number of phenolic OH excluding ortho intramolecular Hbond substituents is 1. The highest BCUT2D eigenvalue weighted by atomic mass is 19.3. The van der Waals surface area contributed by atoms with E-state index in [0.717, 1.165) is 0 Å². The van der Waals surface area contributed by atoms with Crippen molar-refractivity contribution in [3.63, 3.8) is 0 Å². The normalized spacial score (nSPS) is 19.2. The van der Waals surface area contributed by atoms with Crippen LogP contribution in [0.2, 0.25) is 0 Å². The van der Waals surface area contributed by atoms with Crippen LogP contribution < -0.4 is 11.1 Å². The van der Waals surface area contributed by atoms with Crippen LogP contribution in [0.4, 0.5) is 19.3 Å². The molecule has 1 aromatic carbocycles. The number of anilines is 1. The number of carbonyl (C=O) groups is 1. The molecule has 0 saturated heterocycles. The molecule has 0 unspecified atom stereocenters. The van der Waals surface area contributed by atoms with E-state index < -0.39 is 36.0 Å². The Labute approximate surface area is 127 Å². The third-order valence-electron chi connectivity index (χ3n) is 3.33. The highest BCUT2D eigenvalue weighted by Crippen LogP contribution is 2.52. The molecule has 7 heteroatoms. The predicted molar refractivity (Wildman–Crippen MR) is 78.0 cm³/mol. The van der Waals surface area contributed by atoms with Gasteiger partial charge in [-0.05, 0) is 26.8 Å². The van der Waals surface area contributed by atoms with Crippen molar-refractivity contribution in [1.29, 1.82) is 0 Å². The highest BCUT2D eigenvalue weighted by molar-refractivity contribution is 5.85.